The van der Waals surface area contributed by atoms with Crippen molar-refractivity contribution in [3.8, 4) is 5.75 Å². The van der Waals surface area contributed by atoms with Crippen molar-refractivity contribution in [2.75, 3.05) is 13.2 Å². The number of nitrogens with one attached hydrogen (secondary N) is 2. The summed E-state index contributed by atoms with van der Waals surface area (Å²) in [6.45, 7) is 3.53. The molecule has 0 aliphatic carbocycles. The highest BCUT2D eigenvalue weighted by Gasteiger charge is 2.45. The van der Waals surface area contributed by atoms with Crippen molar-refractivity contribution in [3.63, 3.8) is 0 Å². The van der Waals surface area contributed by atoms with Gasteiger partial charge in [-0.15, -0.1) is 0 Å². The van der Waals surface area contributed by atoms with E-state index < -0.39 is 5.72 Å². The Labute approximate surface area is 131 Å². The van der Waals surface area contributed by atoms with Crippen LogP contribution in [-0.2, 0) is 15.5 Å². The lowest BCUT2D eigenvalue weighted by Gasteiger charge is -2.32. The zero-order valence-electron chi connectivity index (χ0n) is 13.1. The van der Waals surface area contributed by atoms with Crippen LogP contribution in [0.1, 0.15) is 56.6 Å². The summed E-state index contributed by atoms with van der Waals surface area (Å²) < 4.78 is 5.81. The van der Waals surface area contributed by atoms with E-state index in [9.17, 15) is 0 Å². The third-order valence-corrected chi connectivity index (χ3v) is 4.25. The molecule has 1 aromatic rings. The van der Waals surface area contributed by atoms with Gasteiger partial charge in [0.15, 0.2) is 0 Å². The highest BCUT2D eigenvalue weighted by molar-refractivity contribution is 6.01. The average Bonchev–Trinajstić information content (AvgIpc) is 2.80. The second-order valence-corrected chi connectivity index (χ2v) is 5.95. The van der Waals surface area contributed by atoms with E-state index in [1.807, 2.05) is 18.2 Å². The Morgan fingerprint density at radius 1 is 1.32 bits per heavy atom. The van der Waals surface area contributed by atoms with E-state index in [0.717, 1.165) is 42.7 Å². The highest BCUT2D eigenvalue weighted by atomic mass is 17.2. The molecule has 5 nitrogen and oxygen atoms in total. The first-order valence-electron chi connectivity index (χ1n) is 8.20. The summed E-state index contributed by atoms with van der Waals surface area (Å²) in [4.78, 5) is 10.7. The molecule has 0 amide bonds. The molecule has 1 fully saturated rings. The van der Waals surface area contributed by atoms with Crippen LogP contribution in [0.15, 0.2) is 18.2 Å². The Hall–Kier alpha value is -1.59. The van der Waals surface area contributed by atoms with Crippen molar-refractivity contribution < 1.29 is 14.5 Å². The van der Waals surface area contributed by atoms with Gasteiger partial charge in [0.1, 0.15) is 11.6 Å². The van der Waals surface area contributed by atoms with Gasteiger partial charge in [-0.05, 0) is 31.0 Å². The van der Waals surface area contributed by atoms with E-state index in [-0.39, 0.29) is 0 Å². The molecular formula is C17H24N2O3. The van der Waals surface area contributed by atoms with Crippen LogP contribution in [0.4, 0.5) is 0 Å². The SMILES string of the molecule is CCCCCCOc1ccc2c(c1)C(=N)NC21CCCOO1. The molecule has 2 aliphatic heterocycles. The summed E-state index contributed by atoms with van der Waals surface area (Å²) in [6.07, 6.45) is 6.47. The minimum Gasteiger partial charge on any atom is -0.494 e. The third-order valence-electron chi connectivity index (χ3n) is 4.25. The maximum Gasteiger partial charge on any atom is 0.200 e. The van der Waals surface area contributed by atoms with Gasteiger partial charge < -0.3 is 10.1 Å². The molecule has 120 valence electrons. The van der Waals surface area contributed by atoms with Crippen molar-refractivity contribution in [3.05, 3.63) is 29.3 Å². The molecule has 3 rings (SSSR count). The minimum absolute atomic E-state index is 0.372. The maximum atomic E-state index is 8.15. The monoisotopic (exact) mass is 304 g/mol. The fourth-order valence-corrected chi connectivity index (χ4v) is 3.05. The van der Waals surface area contributed by atoms with Crippen LogP contribution in [0.2, 0.25) is 0 Å². The van der Waals surface area contributed by atoms with Gasteiger partial charge in [0.25, 0.3) is 0 Å². The van der Waals surface area contributed by atoms with E-state index in [0.29, 0.717) is 12.4 Å². The molecule has 1 saturated heterocycles. The Balaban J connectivity index is 1.68. The molecule has 2 heterocycles. The van der Waals surface area contributed by atoms with Crippen LogP contribution >= 0.6 is 0 Å². The number of amidine groups is 1. The second-order valence-electron chi connectivity index (χ2n) is 5.95. The van der Waals surface area contributed by atoms with E-state index >= 15 is 0 Å². The number of unbranched alkanes of at least 4 members (excludes halogenated alkanes) is 3. The molecule has 0 bridgehead atoms. The predicted octanol–water partition coefficient (Wildman–Crippen LogP) is 3.47. The molecular weight excluding hydrogens is 280 g/mol. The predicted molar refractivity (Wildman–Crippen MR) is 84.0 cm³/mol. The average molecular weight is 304 g/mol. The van der Waals surface area contributed by atoms with E-state index in [1.54, 1.807) is 0 Å². The van der Waals surface area contributed by atoms with Gasteiger partial charge in [-0.3, -0.25) is 5.41 Å². The van der Waals surface area contributed by atoms with Gasteiger partial charge >= 0.3 is 0 Å². The van der Waals surface area contributed by atoms with Gasteiger partial charge in [0, 0.05) is 17.5 Å². The zero-order chi connectivity index (χ0) is 15.4. The fourth-order valence-electron chi connectivity index (χ4n) is 3.05. The van der Waals surface area contributed by atoms with Crippen molar-refractivity contribution in [2.45, 2.75) is 51.2 Å². The molecule has 2 N–H and O–H groups in total. The second kappa shape index (κ2) is 6.67. The van der Waals surface area contributed by atoms with Crippen LogP contribution < -0.4 is 10.1 Å². The lowest BCUT2D eigenvalue weighted by Crippen LogP contribution is -2.44. The van der Waals surface area contributed by atoms with Crippen LogP contribution in [0.3, 0.4) is 0 Å². The molecule has 0 aromatic heterocycles. The first-order chi connectivity index (χ1) is 10.7. The number of hydrogen-bond donors (Lipinski definition) is 2. The molecule has 22 heavy (non-hydrogen) atoms. The number of hydrogen-bond acceptors (Lipinski definition) is 4. The maximum absolute atomic E-state index is 8.15. The number of rotatable bonds is 6. The smallest absolute Gasteiger partial charge is 0.200 e. The van der Waals surface area contributed by atoms with Crippen molar-refractivity contribution >= 4 is 5.84 Å². The van der Waals surface area contributed by atoms with Crippen molar-refractivity contribution in [1.29, 1.82) is 5.41 Å². The largest absolute Gasteiger partial charge is 0.494 e. The Morgan fingerprint density at radius 3 is 3.00 bits per heavy atom. The van der Waals surface area contributed by atoms with Gasteiger partial charge in [0.05, 0.1) is 13.2 Å². The van der Waals surface area contributed by atoms with Gasteiger partial charge in [-0.1, -0.05) is 26.2 Å². The van der Waals surface area contributed by atoms with Crippen LogP contribution in [-0.4, -0.2) is 19.0 Å². The normalized spacial score (nSPS) is 23.4. The van der Waals surface area contributed by atoms with Gasteiger partial charge in [-0.2, -0.15) is 0 Å². The van der Waals surface area contributed by atoms with Gasteiger partial charge in [0.2, 0.25) is 5.72 Å². The minimum atomic E-state index is -0.690. The standard InChI is InChI=1S/C17H24N2O3/c1-2-3-4-5-10-20-13-7-8-15-14(12-13)16(18)19-17(15)9-6-11-21-22-17/h7-8,12H,2-6,9-11H2,1H3,(H2,18,19). The fraction of sp³-hybridized carbons (Fsp3) is 0.588. The topological polar surface area (TPSA) is 63.6 Å². The molecule has 1 atom stereocenters. The summed E-state index contributed by atoms with van der Waals surface area (Å²) >= 11 is 0. The summed E-state index contributed by atoms with van der Waals surface area (Å²) in [7, 11) is 0. The summed E-state index contributed by atoms with van der Waals surface area (Å²) in [5.41, 5.74) is 1.12. The van der Waals surface area contributed by atoms with E-state index in [4.69, 9.17) is 19.9 Å². The van der Waals surface area contributed by atoms with Crippen LogP contribution in [0, 0.1) is 5.41 Å². The molecule has 1 spiro atoms. The quantitative estimate of drug-likeness (QED) is 0.624. The summed E-state index contributed by atoms with van der Waals surface area (Å²) in [6, 6.07) is 5.87. The van der Waals surface area contributed by atoms with Crippen LogP contribution in [0.5, 0.6) is 5.75 Å². The number of fused-ring (bicyclic) bond motifs is 2. The lowest BCUT2D eigenvalue weighted by molar-refractivity contribution is -0.393. The Bertz CT molecular complexity index is 539. The zero-order valence-corrected chi connectivity index (χ0v) is 13.1. The van der Waals surface area contributed by atoms with E-state index in [1.165, 1.54) is 19.3 Å². The lowest BCUT2D eigenvalue weighted by atomic mass is 9.97. The first kappa shape index (κ1) is 15.3. The molecule has 1 unspecified atom stereocenters. The Kier molecular flexibility index (Phi) is 4.64. The number of ether oxygens (including phenoxy) is 1. The number of benzene rings is 1. The van der Waals surface area contributed by atoms with Crippen LogP contribution in [0.25, 0.3) is 0 Å². The molecule has 1 aromatic carbocycles. The summed E-state index contributed by atoms with van der Waals surface area (Å²) in [5, 5.41) is 11.3. The molecule has 0 radical (unpaired) electrons. The van der Waals surface area contributed by atoms with Crippen molar-refractivity contribution in [1.82, 2.24) is 5.32 Å². The summed E-state index contributed by atoms with van der Waals surface area (Å²) in [5.74, 6) is 1.19. The van der Waals surface area contributed by atoms with E-state index in [2.05, 4.69) is 12.2 Å². The third kappa shape index (κ3) is 2.96. The Morgan fingerprint density at radius 2 is 2.23 bits per heavy atom. The van der Waals surface area contributed by atoms with Crippen molar-refractivity contribution in [2.24, 2.45) is 0 Å². The molecule has 0 saturated carbocycles. The van der Waals surface area contributed by atoms with Gasteiger partial charge in [-0.25, -0.2) is 9.78 Å². The molecule has 2 aliphatic rings. The highest BCUT2D eigenvalue weighted by Crippen LogP contribution is 2.39. The first-order valence-corrected chi connectivity index (χ1v) is 8.20. The molecule has 5 heteroatoms.